The molecule has 0 radical (unpaired) electrons. The number of imide groups is 1. The zero-order valence-corrected chi connectivity index (χ0v) is 25.7. The zero-order valence-electron chi connectivity index (χ0n) is 23.4. The Labute approximate surface area is 257 Å². The van der Waals surface area contributed by atoms with Crippen molar-refractivity contribution in [3.05, 3.63) is 98.0 Å². The highest BCUT2D eigenvalue weighted by atomic mass is 79.9. The number of aryl methyl sites for hydroxylation is 1. The lowest BCUT2D eigenvalue weighted by Crippen LogP contribution is -2.47. The van der Waals surface area contributed by atoms with Gasteiger partial charge >= 0.3 is 5.97 Å². The summed E-state index contributed by atoms with van der Waals surface area (Å²) in [4.78, 5) is 55.7. The van der Waals surface area contributed by atoms with Crippen LogP contribution in [0.2, 0.25) is 5.02 Å². The number of esters is 1. The van der Waals surface area contributed by atoms with E-state index in [1.165, 1.54) is 0 Å². The van der Waals surface area contributed by atoms with E-state index in [2.05, 4.69) is 21.2 Å². The van der Waals surface area contributed by atoms with E-state index in [1.807, 2.05) is 69.3 Å². The second-order valence-corrected chi connectivity index (χ2v) is 13.0. The average molecular weight is 650 g/mol. The number of likely N-dealkylation sites (tertiary alicyclic amines) is 1. The van der Waals surface area contributed by atoms with Crippen molar-refractivity contribution in [2.45, 2.75) is 45.1 Å². The molecule has 3 amide bonds. The molecule has 0 saturated carbocycles. The van der Waals surface area contributed by atoms with Crippen LogP contribution in [0.5, 0.6) is 0 Å². The van der Waals surface area contributed by atoms with E-state index in [9.17, 15) is 19.2 Å². The van der Waals surface area contributed by atoms with Crippen LogP contribution in [0, 0.1) is 24.7 Å². The number of hydrogen-bond acceptors (Lipinski definition) is 5. The van der Waals surface area contributed by atoms with Crippen LogP contribution in [-0.2, 0) is 23.9 Å². The molecule has 3 aromatic rings. The maximum atomic E-state index is 14.2. The van der Waals surface area contributed by atoms with Crippen molar-refractivity contribution in [3.8, 4) is 0 Å². The van der Waals surface area contributed by atoms with Crippen molar-refractivity contribution < 1.29 is 23.9 Å². The summed E-state index contributed by atoms with van der Waals surface area (Å²) in [6, 6.07) is 18.3. The monoisotopic (exact) mass is 648 g/mol. The summed E-state index contributed by atoms with van der Waals surface area (Å²) in [5.41, 5.74) is 5.52. The summed E-state index contributed by atoms with van der Waals surface area (Å²) in [5.74, 6) is -3.76. The fourth-order valence-electron chi connectivity index (χ4n) is 6.96. The van der Waals surface area contributed by atoms with E-state index in [1.54, 1.807) is 12.1 Å². The molecule has 3 aliphatic carbocycles. The quantitative estimate of drug-likeness (QED) is 0.243. The minimum absolute atomic E-state index is 0.0155. The predicted molar refractivity (Wildman–Crippen MR) is 162 cm³/mol. The normalized spacial score (nSPS) is 22.5. The molecule has 0 spiro atoms. The number of hydrogen-bond donors (Lipinski definition) is 1. The van der Waals surface area contributed by atoms with Crippen molar-refractivity contribution >= 4 is 56.9 Å². The van der Waals surface area contributed by atoms with Gasteiger partial charge in [0.2, 0.25) is 11.8 Å². The van der Waals surface area contributed by atoms with Gasteiger partial charge in [0.05, 0.1) is 16.9 Å². The van der Waals surface area contributed by atoms with Crippen molar-refractivity contribution in [2.24, 2.45) is 17.8 Å². The number of benzene rings is 3. The molecule has 9 heteroatoms. The number of nitrogens with one attached hydrogen (secondary N) is 1. The molecule has 7 rings (SSSR count). The highest BCUT2D eigenvalue weighted by Crippen LogP contribution is 2.61. The van der Waals surface area contributed by atoms with Crippen LogP contribution in [0.25, 0.3) is 0 Å². The van der Waals surface area contributed by atoms with E-state index in [0.717, 1.165) is 32.7 Å². The third-order valence-corrected chi connectivity index (χ3v) is 9.84. The Kier molecular flexibility index (Phi) is 7.48. The van der Waals surface area contributed by atoms with E-state index in [-0.39, 0.29) is 36.0 Å². The average Bonchev–Trinajstić information content (AvgIpc) is 3.23. The van der Waals surface area contributed by atoms with Gasteiger partial charge in [-0.05, 0) is 75.1 Å². The van der Waals surface area contributed by atoms with E-state index in [0.29, 0.717) is 15.2 Å². The first-order valence-corrected chi connectivity index (χ1v) is 15.2. The minimum Gasteiger partial charge on any atom is -0.454 e. The number of rotatable bonds is 7. The zero-order chi connectivity index (χ0) is 29.9. The van der Waals surface area contributed by atoms with Gasteiger partial charge in [-0.3, -0.25) is 19.3 Å². The van der Waals surface area contributed by atoms with E-state index >= 15 is 0 Å². The highest BCUT2D eigenvalue weighted by Gasteiger charge is 2.63. The van der Waals surface area contributed by atoms with Gasteiger partial charge in [-0.2, -0.15) is 0 Å². The van der Waals surface area contributed by atoms with Gasteiger partial charge in [0.1, 0.15) is 6.04 Å². The van der Waals surface area contributed by atoms with Crippen molar-refractivity contribution in [3.63, 3.8) is 0 Å². The van der Waals surface area contributed by atoms with Crippen LogP contribution in [-0.4, -0.2) is 41.2 Å². The molecule has 1 fully saturated rings. The Bertz CT molecular complexity index is 1520. The molecule has 0 unspecified atom stereocenters. The smallest absolute Gasteiger partial charge is 0.329 e. The van der Waals surface area contributed by atoms with Crippen LogP contribution in [0.15, 0.2) is 65.1 Å². The standard InChI is InChI=1S/C33H30BrClN2O5/c1-16(2)12-25(33(41)42-15-26(38)36-24-14-23(35)22(34)13-17(24)3)37-31(39)29-27-18-8-4-5-9-19(18)28(30(29)32(37)40)21-11-7-6-10-20(21)27/h4-11,13-14,16,25,27-30H,12,15H2,1-3H3,(H,36,38)/t25-,27?,28?,29-,30+/m0/s1. The third kappa shape index (κ3) is 4.65. The van der Waals surface area contributed by atoms with Gasteiger partial charge < -0.3 is 10.1 Å². The Hall–Kier alpha value is -3.49. The van der Waals surface area contributed by atoms with Crippen molar-refractivity contribution in [1.29, 1.82) is 0 Å². The van der Waals surface area contributed by atoms with Crippen LogP contribution in [0.1, 0.15) is 59.9 Å². The highest BCUT2D eigenvalue weighted by molar-refractivity contribution is 9.10. The molecule has 4 aliphatic rings. The Morgan fingerprint density at radius 2 is 1.43 bits per heavy atom. The second kappa shape index (κ2) is 11.0. The number of halogens is 2. The lowest BCUT2D eigenvalue weighted by molar-refractivity contribution is -0.160. The van der Waals surface area contributed by atoms with Crippen LogP contribution in [0.3, 0.4) is 0 Å². The fourth-order valence-corrected chi connectivity index (χ4v) is 7.58. The summed E-state index contributed by atoms with van der Waals surface area (Å²) < 4.78 is 6.15. The van der Waals surface area contributed by atoms with Gasteiger partial charge in [0.15, 0.2) is 6.61 Å². The molecule has 3 aromatic carbocycles. The third-order valence-electron chi connectivity index (χ3n) is 8.65. The summed E-state index contributed by atoms with van der Waals surface area (Å²) in [7, 11) is 0. The molecule has 1 saturated heterocycles. The van der Waals surface area contributed by atoms with Gasteiger partial charge in [0.25, 0.3) is 5.91 Å². The molecule has 1 aliphatic heterocycles. The Balaban J connectivity index is 1.26. The maximum absolute atomic E-state index is 14.2. The summed E-state index contributed by atoms with van der Waals surface area (Å²) in [6.45, 7) is 5.09. The van der Waals surface area contributed by atoms with Crippen LogP contribution < -0.4 is 5.32 Å². The first kappa shape index (κ1) is 28.6. The summed E-state index contributed by atoms with van der Waals surface area (Å²) in [6.07, 6.45) is 0.230. The lowest BCUT2D eigenvalue weighted by Gasteiger charge is -2.45. The largest absolute Gasteiger partial charge is 0.454 e. The van der Waals surface area contributed by atoms with E-state index < -0.39 is 36.4 Å². The number of carbonyl (C=O) groups is 4. The summed E-state index contributed by atoms with van der Waals surface area (Å²) >= 11 is 9.52. The number of anilines is 1. The molecule has 3 atom stereocenters. The Morgan fingerprint density at radius 3 is 1.90 bits per heavy atom. The lowest BCUT2D eigenvalue weighted by atomic mass is 9.55. The molecule has 216 valence electrons. The number of nitrogens with zero attached hydrogens (tertiary/aromatic N) is 1. The second-order valence-electron chi connectivity index (χ2n) is 11.7. The molecule has 42 heavy (non-hydrogen) atoms. The number of amides is 3. The van der Waals surface area contributed by atoms with Crippen LogP contribution >= 0.6 is 27.5 Å². The van der Waals surface area contributed by atoms with Gasteiger partial charge in [-0.25, -0.2) is 4.79 Å². The first-order chi connectivity index (χ1) is 20.1. The molecule has 2 bridgehead atoms. The maximum Gasteiger partial charge on any atom is 0.329 e. The van der Waals surface area contributed by atoms with Gasteiger partial charge in [-0.15, -0.1) is 0 Å². The van der Waals surface area contributed by atoms with Crippen LogP contribution in [0.4, 0.5) is 5.69 Å². The topological polar surface area (TPSA) is 92.8 Å². The number of ether oxygens (including phenoxy) is 1. The SMILES string of the molecule is Cc1cc(Br)c(Cl)cc1NC(=O)COC(=O)[C@H](CC(C)C)N1C(=O)[C@@H]2C3c4ccccc4C(c4ccccc43)[C@@H]2C1=O. The summed E-state index contributed by atoms with van der Waals surface area (Å²) in [5, 5.41) is 3.14. The van der Waals surface area contributed by atoms with Gasteiger partial charge in [0, 0.05) is 22.0 Å². The van der Waals surface area contributed by atoms with Crippen molar-refractivity contribution in [2.75, 3.05) is 11.9 Å². The molecule has 1 N–H and O–H groups in total. The van der Waals surface area contributed by atoms with Crippen molar-refractivity contribution in [1.82, 2.24) is 4.90 Å². The first-order valence-electron chi connectivity index (χ1n) is 14.0. The molecular formula is C33H30BrClN2O5. The molecule has 7 nitrogen and oxygen atoms in total. The number of carbonyl (C=O) groups excluding carboxylic acids is 4. The minimum atomic E-state index is -1.13. The van der Waals surface area contributed by atoms with Gasteiger partial charge in [-0.1, -0.05) is 74.0 Å². The molecule has 0 aromatic heterocycles. The molecular weight excluding hydrogens is 620 g/mol. The predicted octanol–water partition coefficient (Wildman–Crippen LogP) is 6.20. The molecule has 1 heterocycles. The Morgan fingerprint density at radius 1 is 0.929 bits per heavy atom. The fraction of sp³-hybridized carbons (Fsp3) is 0.333. The van der Waals surface area contributed by atoms with E-state index in [4.69, 9.17) is 16.3 Å².